The number of carbonyl (C=O) groups excluding carboxylic acids is 10. The molecule has 3 aromatic carbocycles. The first-order valence-corrected chi connectivity index (χ1v) is 30.1. The van der Waals surface area contributed by atoms with Crippen LogP contribution in [0.5, 0.6) is 11.5 Å². The Labute approximate surface area is 512 Å². The molecule has 474 valence electrons. The van der Waals surface area contributed by atoms with Crippen molar-refractivity contribution in [3.63, 3.8) is 0 Å². The van der Waals surface area contributed by atoms with Crippen molar-refractivity contribution in [2.24, 2.45) is 23.2 Å². The molecule has 2 aliphatic heterocycles. The quantitative estimate of drug-likeness (QED) is 0.132. The van der Waals surface area contributed by atoms with Gasteiger partial charge in [-0.05, 0) is 118 Å². The van der Waals surface area contributed by atoms with E-state index in [2.05, 4.69) is 16.0 Å². The number of likely N-dealkylation sites (N-methyl/N-ethyl adjacent to an activating group) is 3. The average molecular weight is 1210 g/mol. The summed E-state index contributed by atoms with van der Waals surface area (Å²) >= 11 is 0. The van der Waals surface area contributed by atoms with Crippen LogP contribution in [0.4, 0.5) is 5.69 Å². The highest BCUT2D eigenvalue weighted by Gasteiger charge is 2.43. The topological polar surface area (TPSA) is 257 Å². The molecule has 6 atom stereocenters. The zero-order valence-corrected chi connectivity index (χ0v) is 53.0. The number of ether oxygens (including phenoxy) is 4. The van der Waals surface area contributed by atoms with E-state index in [1.807, 2.05) is 44.2 Å². The number of piperidine rings is 1. The smallest absolute Gasteiger partial charge is 0.330 e. The molecule has 1 saturated heterocycles. The van der Waals surface area contributed by atoms with Crippen LogP contribution in [0.1, 0.15) is 130 Å². The summed E-state index contributed by atoms with van der Waals surface area (Å²) in [6.07, 6.45) is 3.52. The Hall–Kier alpha value is -8.10. The molecule has 3 aromatic rings. The van der Waals surface area contributed by atoms with E-state index in [1.165, 1.54) is 67.8 Å². The summed E-state index contributed by atoms with van der Waals surface area (Å²) in [5, 5.41) is 8.68. The van der Waals surface area contributed by atoms with Crippen LogP contribution in [-0.2, 0) is 70.3 Å². The maximum atomic E-state index is 14.8. The number of anilines is 1. The Morgan fingerprint density at radius 3 is 2.07 bits per heavy atom. The molecule has 7 amide bonds. The summed E-state index contributed by atoms with van der Waals surface area (Å²) in [7, 11) is 7.57. The van der Waals surface area contributed by atoms with Gasteiger partial charge in [0.2, 0.25) is 41.2 Å². The number of cyclic esters (lactones) is 2. The van der Waals surface area contributed by atoms with Crippen molar-refractivity contribution in [1.29, 1.82) is 0 Å². The molecule has 0 spiro atoms. The third-order valence-corrected chi connectivity index (χ3v) is 15.8. The fraction of sp³-hybridized carbons (Fsp3) is 0.545. The highest BCUT2D eigenvalue weighted by Crippen LogP contribution is 2.33. The predicted molar refractivity (Wildman–Crippen MR) is 328 cm³/mol. The molecule has 87 heavy (non-hydrogen) atoms. The van der Waals surface area contributed by atoms with Crippen LogP contribution in [-0.4, -0.2) is 164 Å². The van der Waals surface area contributed by atoms with Crippen LogP contribution in [0.15, 0.2) is 84.9 Å². The maximum Gasteiger partial charge on any atom is 0.330 e. The second-order valence-corrected chi connectivity index (χ2v) is 24.4. The third-order valence-electron chi connectivity index (χ3n) is 15.8. The average Bonchev–Trinajstić information content (AvgIpc) is 2.69. The number of aryl methyl sites for hydroxylation is 1. The Kier molecular flexibility index (Phi) is 26.1. The normalized spacial score (nSPS) is 22.8. The van der Waals surface area contributed by atoms with Gasteiger partial charge in [0.15, 0.2) is 11.5 Å². The summed E-state index contributed by atoms with van der Waals surface area (Å²) in [5.41, 5.74) is 0.882. The molecule has 2 heterocycles. The SMILES string of the molecule is COc1ccc(CC[C@H]2OC(=O)[C@@H]3CCCCN3C(=O)C(=O)C(C)(C)COC(=O)C=CCCN(C)C(=O)[C@H](C(C)C)NC(=O)[C@H](C(C)C)N(C)C(=O)[C@@H](Cc3ccccc3)NC(=O)[C@H](CC(C)C)N(C)C(=O)CCC(=O)Nc3cccc2c3)cc1OC. The van der Waals surface area contributed by atoms with Gasteiger partial charge in [-0.15, -0.1) is 0 Å². The Bertz CT molecular complexity index is 2940. The van der Waals surface area contributed by atoms with E-state index in [1.54, 1.807) is 77.2 Å². The van der Waals surface area contributed by atoms with Crippen molar-refractivity contribution in [3.8, 4) is 11.5 Å². The van der Waals surface area contributed by atoms with E-state index in [4.69, 9.17) is 18.9 Å². The van der Waals surface area contributed by atoms with Gasteiger partial charge in [-0.25, -0.2) is 9.59 Å². The number of nitrogens with one attached hydrogen (secondary N) is 3. The molecule has 0 aliphatic carbocycles. The standard InChI is InChI=1S/C66H91N7O14/c1-41(2)36-50-60(78)68-48(37-44-22-15-14-16-23-44)62(80)72(11)58(43(5)6)61(79)69-57(42(3)4)63(81)70(9)34-19-18-27-56(76)86-40-66(7,8)59(77)64(82)73-35-20-17-26-49(73)65(83)87-51(30-28-45-29-31-52(84-12)53(38-45)85-13)46-24-21-25-47(39-46)67-54(74)32-33-55(75)71(50)10/h14-16,18,21-25,27,29,31,38-39,41-43,48-51,57-58H,17,19-20,26,28,30,32-37,40H2,1-13H3,(H,67,74)(H,68,78)(H,69,79)/t48-,49+,50+,51-,57+,58+/m1/s1. The van der Waals surface area contributed by atoms with Gasteiger partial charge in [0, 0.05) is 65.3 Å². The first kappa shape index (κ1) is 69.7. The Balaban J connectivity index is 1.50. The lowest BCUT2D eigenvalue weighted by Crippen LogP contribution is -2.60. The van der Waals surface area contributed by atoms with Crippen molar-refractivity contribution in [2.45, 2.75) is 156 Å². The van der Waals surface area contributed by atoms with E-state index < -0.39 is 119 Å². The molecule has 0 unspecified atom stereocenters. The molecular formula is C66H91N7O14. The summed E-state index contributed by atoms with van der Waals surface area (Å²) in [6, 6.07) is 15.7. The minimum Gasteiger partial charge on any atom is -0.493 e. The number of carbonyl (C=O) groups is 10. The number of esters is 2. The monoisotopic (exact) mass is 1210 g/mol. The lowest BCUT2D eigenvalue weighted by molar-refractivity contribution is -0.165. The molecule has 0 aromatic heterocycles. The van der Waals surface area contributed by atoms with Gasteiger partial charge in [-0.3, -0.25) is 38.4 Å². The van der Waals surface area contributed by atoms with Gasteiger partial charge in [0.1, 0.15) is 42.9 Å². The van der Waals surface area contributed by atoms with E-state index in [0.717, 1.165) is 17.2 Å². The molecule has 5 rings (SSSR count). The van der Waals surface area contributed by atoms with Crippen LogP contribution < -0.4 is 25.4 Å². The highest BCUT2D eigenvalue weighted by atomic mass is 16.5. The van der Waals surface area contributed by atoms with Crippen molar-refractivity contribution >= 4 is 64.8 Å². The first-order valence-electron chi connectivity index (χ1n) is 30.1. The van der Waals surface area contributed by atoms with Crippen LogP contribution in [0, 0.1) is 23.2 Å². The van der Waals surface area contributed by atoms with Crippen molar-refractivity contribution in [2.75, 3.05) is 60.4 Å². The largest absolute Gasteiger partial charge is 0.493 e. The van der Waals surface area contributed by atoms with E-state index >= 15 is 0 Å². The molecule has 0 radical (unpaired) electrons. The van der Waals surface area contributed by atoms with Crippen molar-refractivity contribution < 1.29 is 66.9 Å². The van der Waals surface area contributed by atoms with Crippen molar-refractivity contribution in [1.82, 2.24) is 30.2 Å². The number of benzene rings is 3. The number of rotatable bonds is 11. The summed E-state index contributed by atoms with van der Waals surface area (Å²) in [5.74, 6) is -6.52. The van der Waals surface area contributed by atoms with Crippen molar-refractivity contribution in [3.05, 3.63) is 102 Å². The molecular weight excluding hydrogens is 1110 g/mol. The Morgan fingerprint density at radius 1 is 0.713 bits per heavy atom. The number of nitrogens with zero attached hydrogens (tertiary/aromatic N) is 4. The minimum absolute atomic E-state index is 0.0402. The van der Waals surface area contributed by atoms with Gasteiger partial charge in [-0.2, -0.15) is 0 Å². The predicted octanol–water partition coefficient (Wildman–Crippen LogP) is 6.80. The molecule has 21 heteroatoms. The number of Topliss-reactive ketones (excluding diaryl/α,β-unsaturated/α-hetero) is 1. The van der Waals surface area contributed by atoms with Gasteiger partial charge < -0.3 is 54.5 Å². The molecule has 2 bridgehead atoms. The number of fused-ring (bicyclic) bond motifs is 3. The summed E-state index contributed by atoms with van der Waals surface area (Å²) < 4.78 is 22.8. The van der Waals surface area contributed by atoms with E-state index in [0.29, 0.717) is 42.0 Å². The number of hydrogen-bond acceptors (Lipinski definition) is 14. The number of methoxy groups -OCH3 is 2. The van der Waals surface area contributed by atoms with Crippen LogP contribution in [0.25, 0.3) is 0 Å². The fourth-order valence-corrected chi connectivity index (χ4v) is 10.7. The maximum absolute atomic E-state index is 14.8. The molecule has 2 aliphatic rings. The second kappa shape index (κ2) is 32.6. The third kappa shape index (κ3) is 19.7. The molecule has 3 N–H and O–H groups in total. The molecule has 0 saturated carbocycles. The van der Waals surface area contributed by atoms with Gasteiger partial charge in [0.25, 0.3) is 5.91 Å². The zero-order valence-electron chi connectivity index (χ0n) is 53.0. The van der Waals surface area contributed by atoms with Gasteiger partial charge in [-0.1, -0.05) is 96.1 Å². The number of ketones is 1. The molecule has 21 nitrogen and oxygen atoms in total. The first-order chi connectivity index (χ1) is 41.2. The summed E-state index contributed by atoms with van der Waals surface area (Å²) in [4.78, 5) is 147. The van der Waals surface area contributed by atoms with Crippen LogP contribution >= 0.6 is 0 Å². The second-order valence-electron chi connectivity index (χ2n) is 24.4. The van der Waals surface area contributed by atoms with E-state index in [9.17, 15) is 47.9 Å². The van der Waals surface area contributed by atoms with Crippen LogP contribution in [0.3, 0.4) is 0 Å². The van der Waals surface area contributed by atoms with Gasteiger partial charge in [0.05, 0.1) is 19.6 Å². The Morgan fingerprint density at radius 2 is 1.41 bits per heavy atom. The molecule has 1 fully saturated rings. The fourth-order valence-electron chi connectivity index (χ4n) is 10.7. The highest BCUT2D eigenvalue weighted by molar-refractivity contribution is 6.38. The summed E-state index contributed by atoms with van der Waals surface area (Å²) in [6.45, 7) is 13.6. The van der Waals surface area contributed by atoms with E-state index in [-0.39, 0.29) is 64.0 Å². The minimum atomic E-state index is -1.51. The van der Waals surface area contributed by atoms with Crippen LogP contribution in [0.2, 0.25) is 0 Å². The lowest BCUT2D eigenvalue weighted by atomic mass is 9.87. The number of amides is 7. The lowest BCUT2D eigenvalue weighted by Gasteiger charge is -2.36. The zero-order chi connectivity index (χ0) is 64.3. The number of hydrogen-bond donors (Lipinski definition) is 3. The van der Waals surface area contributed by atoms with Gasteiger partial charge >= 0.3 is 11.9 Å².